The van der Waals surface area contributed by atoms with Crippen molar-refractivity contribution in [1.82, 2.24) is 5.32 Å². The van der Waals surface area contributed by atoms with E-state index >= 15 is 0 Å². The standard InChI is InChI=1S/C17H17ClFNO2S/c1-22-16-7-6-12(10-14(16)18)17(21)20-8-9-23-11-13-4-2-3-5-15(13)19/h2-7,10H,8-9,11H2,1H3,(H,20,21). The molecule has 0 aliphatic rings. The van der Waals surface area contributed by atoms with Crippen LogP contribution in [0.5, 0.6) is 5.75 Å². The van der Waals surface area contributed by atoms with E-state index in [1.165, 1.54) is 13.2 Å². The third-order valence-electron chi connectivity index (χ3n) is 3.16. The number of rotatable bonds is 7. The fourth-order valence-electron chi connectivity index (χ4n) is 1.94. The van der Waals surface area contributed by atoms with E-state index in [4.69, 9.17) is 16.3 Å². The molecule has 0 aliphatic carbocycles. The molecular formula is C17H17ClFNO2S. The zero-order valence-electron chi connectivity index (χ0n) is 12.6. The Morgan fingerprint density at radius 2 is 2.09 bits per heavy atom. The second kappa shape index (κ2) is 8.79. The number of hydrogen-bond donors (Lipinski definition) is 1. The topological polar surface area (TPSA) is 38.3 Å². The molecule has 3 nitrogen and oxygen atoms in total. The highest BCUT2D eigenvalue weighted by atomic mass is 35.5. The van der Waals surface area contributed by atoms with E-state index in [0.717, 1.165) is 0 Å². The van der Waals surface area contributed by atoms with Crippen LogP contribution in [0.15, 0.2) is 42.5 Å². The lowest BCUT2D eigenvalue weighted by Crippen LogP contribution is -2.25. The number of amides is 1. The normalized spacial score (nSPS) is 10.4. The van der Waals surface area contributed by atoms with Crippen LogP contribution in [0.4, 0.5) is 4.39 Å². The maximum Gasteiger partial charge on any atom is 0.251 e. The molecule has 122 valence electrons. The summed E-state index contributed by atoms with van der Waals surface area (Å²) in [6.45, 7) is 0.502. The highest BCUT2D eigenvalue weighted by Crippen LogP contribution is 2.24. The molecule has 0 aliphatic heterocycles. The molecule has 0 aromatic heterocycles. The van der Waals surface area contributed by atoms with Gasteiger partial charge in [0.25, 0.3) is 5.91 Å². The van der Waals surface area contributed by atoms with Crippen LogP contribution in [-0.2, 0) is 5.75 Å². The van der Waals surface area contributed by atoms with Crippen molar-refractivity contribution in [2.24, 2.45) is 0 Å². The van der Waals surface area contributed by atoms with Gasteiger partial charge in [-0.15, -0.1) is 0 Å². The Morgan fingerprint density at radius 1 is 1.30 bits per heavy atom. The average Bonchev–Trinajstić information content (AvgIpc) is 2.56. The summed E-state index contributed by atoms with van der Waals surface area (Å²) in [6.07, 6.45) is 0. The lowest BCUT2D eigenvalue weighted by atomic mass is 10.2. The summed E-state index contributed by atoms with van der Waals surface area (Å²) in [4.78, 5) is 12.0. The number of nitrogens with one attached hydrogen (secondary N) is 1. The molecule has 0 fully saturated rings. The summed E-state index contributed by atoms with van der Waals surface area (Å²) < 4.78 is 18.5. The Labute approximate surface area is 144 Å². The minimum absolute atomic E-state index is 0.193. The Hall–Kier alpha value is -1.72. The molecule has 1 N–H and O–H groups in total. The van der Waals surface area contributed by atoms with Crippen molar-refractivity contribution in [1.29, 1.82) is 0 Å². The Balaban J connectivity index is 1.75. The summed E-state index contributed by atoms with van der Waals surface area (Å²) in [7, 11) is 1.52. The number of ether oxygens (including phenoxy) is 1. The molecule has 0 radical (unpaired) electrons. The molecule has 0 saturated heterocycles. The molecule has 6 heteroatoms. The lowest BCUT2D eigenvalue weighted by molar-refractivity contribution is 0.0956. The number of hydrogen-bond acceptors (Lipinski definition) is 3. The maximum absolute atomic E-state index is 13.4. The summed E-state index contributed by atoms with van der Waals surface area (Å²) in [5.41, 5.74) is 1.15. The van der Waals surface area contributed by atoms with Crippen LogP contribution < -0.4 is 10.1 Å². The second-order valence-electron chi connectivity index (χ2n) is 4.75. The Bertz CT molecular complexity index is 681. The third-order valence-corrected chi connectivity index (χ3v) is 4.46. The number of carbonyl (C=O) groups is 1. The van der Waals surface area contributed by atoms with Gasteiger partial charge >= 0.3 is 0 Å². The van der Waals surface area contributed by atoms with Crippen molar-refractivity contribution in [2.45, 2.75) is 5.75 Å². The van der Waals surface area contributed by atoms with Gasteiger partial charge in [-0.05, 0) is 29.8 Å². The summed E-state index contributed by atoms with van der Waals surface area (Å²) in [6, 6.07) is 11.6. The molecule has 0 atom stereocenters. The van der Waals surface area contributed by atoms with Gasteiger partial charge in [0, 0.05) is 23.6 Å². The predicted octanol–water partition coefficient (Wildman–Crippen LogP) is 4.15. The van der Waals surface area contributed by atoms with Crippen molar-refractivity contribution in [3.8, 4) is 5.75 Å². The first-order valence-electron chi connectivity index (χ1n) is 7.04. The van der Waals surface area contributed by atoms with Crippen molar-refractivity contribution in [3.05, 3.63) is 64.4 Å². The van der Waals surface area contributed by atoms with Crippen LogP contribution in [0, 0.1) is 5.82 Å². The van der Waals surface area contributed by atoms with E-state index < -0.39 is 0 Å². The van der Waals surface area contributed by atoms with Crippen LogP contribution >= 0.6 is 23.4 Å². The van der Waals surface area contributed by atoms with Crippen molar-refractivity contribution >= 4 is 29.3 Å². The molecule has 2 rings (SSSR count). The van der Waals surface area contributed by atoms with E-state index in [1.54, 1.807) is 42.1 Å². The molecule has 0 spiro atoms. The molecule has 2 aromatic carbocycles. The van der Waals surface area contributed by atoms with E-state index in [2.05, 4.69) is 5.32 Å². The second-order valence-corrected chi connectivity index (χ2v) is 6.26. The number of methoxy groups -OCH3 is 1. The van der Waals surface area contributed by atoms with Crippen LogP contribution in [0.2, 0.25) is 5.02 Å². The Morgan fingerprint density at radius 3 is 2.78 bits per heavy atom. The molecule has 2 aromatic rings. The molecular weight excluding hydrogens is 337 g/mol. The minimum atomic E-state index is -0.197. The first kappa shape index (κ1) is 17.6. The van der Waals surface area contributed by atoms with Gasteiger partial charge in [0.05, 0.1) is 12.1 Å². The van der Waals surface area contributed by atoms with Crippen LogP contribution in [0.3, 0.4) is 0 Å². The third kappa shape index (κ3) is 5.15. The zero-order chi connectivity index (χ0) is 16.7. The molecule has 0 heterocycles. The fraction of sp³-hybridized carbons (Fsp3) is 0.235. The fourth-order valence-corrected chi connectivity index (χ4v) is 3.05. The van der Waals surface area contributed by atoms with Gasteiger partial charge in [-0.3, -0.25) is 4.79 Å². The van der Waals surface area contributed by atoms with Crippen molar-refractivity contribution < 1.29 is 13.9 Å². The van der Waals surface area contributed by atoms with Crippen LogP contribution in [0.1, 0.15) is 15.9 Å². The van der Waals surface area contributed by atoms with Gasteiger partial charge < -0.3 is 10.1 Å². The van der Waals surface area contributed by atoms with Gasteiger partial charge in [0.2, 0.25) is 0 Å². The number of carbonyl (C=O) groups excluding carboxylic acids is 1. The van der Waals surface area contributed by atoms with E-state index in [-0.39, 0.29) is 11.7 Å². The quantitative estimate of drug-likeness (QED) is 0.760. The van der Waals surface area contributed by atoms with Crippen LogP contribution in [-0.4, -0.2) is 25.3 Å². The summed E-state index contributed by atoms with van der Waals surface area (Å²) >= 11 is 7.56. The zero-order valence-corrected chi connectivity index (χ0v) is 14.2. The summed E-state index contributed by atoms with van der Waals surface area (Å²) in [5.74, 6) is 1.42. The van der Waals surface area contributed by atoms with Crippen molar-refractivity contribution in [2.75, 3.05) is 19.4 Å². The number of benzene rings is 2. The molecule has 0 bridgehead atoms. The van der Waals surface area contributed by atoms with E-state index in [1.807, 2.05) is 6.07 Å². The number of halogens is 2. The molecule has 23 heavy (non-hydrogen) atoms. The lowest BCUT2D eigenvalue weighted by Gasteiger charge is -2.08. The highest BCUT2D eigenvalue weighted by molar-refractivity contribution is 7.98. The maximum atomic E-state index is 13.4. The predicted molar refractivity (Wildman–Crippen MR) is 92.9 cm³/mol. The van der Waals surface area contributed by atoms with Crippen LogP contribution in [0.25, 0.3) is 0 Å². The van der Waals surface area contributed by atoms with E-state index in [9.17, 15) is 9.18 Å². The minimum Gasteiger partial charge on any atom is -0.495 e. The largest absolute Gasteiger partial charge is 0.495 e. The average molecular weight is 354 g/mol. The first-order valence-corrected chi connectivity index (χ1v) is 8.58. The number of thioether (sulfide) groups is 1. The van der Waals surface area contributed by atoms with Gasteiger partial charge in [0.15, 0.2) is 0 Å². The van der Waals surface area contributed by atoms with Gasteiger partial charge in [-0.2, -0.15) is 11.8 Å². The molecule has 0 saturated carbocycles. The Kier molecular flexibility index (Phi) is 6.74. The smallest absolute Gasteiger partial charge is 0.251 e. The van der Waals surface area contributed by atoms with Gasteiger partial charge in [-0.25, -0.2) is 4.39 Å². The van der Waals surface area contributed by atoms with Gasteiger partial charge in [0.1, 0.15) is 11.6 Å². The van der Waals surface area contributed by atoms with E-state index in [0.29, 0.717) is 39.9 Å². The van der Waals surface area contributed by atoms with Crippen molar-refractivity contribution in [3.63, 3.8) is 0 Å². The first-order chi connectivity index (χ1) is 11.1. The summed E-state index contributed by atoms with van der Waals surface area (Å²) in [5, 5.41) is 3.21. The monoisotopic (exact) mass is 353 g/mol. The molecule has 1 amide bonds. The molecule has 0 unspecified atom stereocenters. The van der Waals surface area contributed by atoms with Gasteiger partial charge in [-0.1, -0.05) is 29.8 Å². The SMILES string of the molecule is COc1ccc(C(=O)NCCSCc2ccccc2F)cc1Cl. The highest BCUT2D eigenvalue weighted by Gasteiger charge is 2.08.